The van der Waals surface area contributed by atoms with Crippen molar-refractivity contribution in [3.8, 4) is 5.75 Å². The van der Waals surface area contributed by atoms with Gasteiger partial charge < -0.3 is 10.1 Å². The second kappa shape index (κ2) is 6.38. The lowest BCUT2D eigenvalue weighted by molar-refractivity contribution is -0.121. The molecule has 4 heteroatoms. The molecule has 0 radical (unpaired) electrons. The Morgan fingerprint density at radius 3 is 2.89 bits per heavy atom. The highest BCUT2D eigenvalue weighted by molar-refractivity contribution is 7.10. The van der Waals surface area contributed by atoms with Crippen LogP contribution in [0.2, 0.25) is 0 Å². The van der Waals surface area contributed by atoms with Crippen molar-refractivity contribution >= 4 is 17.2 Å². The van der Waals surface area contributed by atoms with E-state index in [1.165, 1.54) is 0 Å². The molecule has 0 unspecified atom stereocenters. The van der Waals surface area contributed by atoms with Crippen LogP contribution >= 0.6 is 11.3 Å². The van der Waals surface area contributed by atoms with Crippen molar-refractivity contribution in [1.82, 2.24) is 5.32 Å². The quantitative estimate of drug-likeness (QED) is 0.910. The average molecular weight is 275 g/mol. The largest absolute Gasteiger partial charge is 0.497 e. The normalized spacial score (nSPS) is 11.9. The van der Waals surface area contributed by atoms with E-state index in [1.807, 2.05) is 48.7 Å². The molecule has 100 valence electrons. The number of hydrogen-bond donors (Lipinski definition) is 1. The van der Waals surface area contributed by atoms with E-state index in [-0.39, 0.29) is 11.9 Å². The number of carbonyl (C=O) groups excluding carboxylic acids is 1. The van der Waals surface area contributed by atoms with E-state index >= 15 is 0 Å². The molecule has 0 saturated heterocycles. The Balaban J connectivity index is 1.96. The fourth-order valence-corrected chi connectivity index (χ4v) is 2.56. The molecule has 1 amide bonds. The molecule has 0 fully saturated rings. The number of thiophene rings is 1. The van der Waals surface area contributed by atoms with Gasteiger partial charge in [-0.15, -0.1) is 11.3 Å². The lowest BCUT2D eigenvalue weighted by Gasteiger charge is -2.15. The SMILES string of the molecule is COc1cccc([C@H](C)NC(=O)Cc2cccs2)c1. The van der Waals surface area contributed by atoms with Crippen molar-refractivity contribution in [1.29, 1.82) is 0 Å². The Kier molecular flexibility index (Phi) is 4.58. The van der Waals surface area contributed by atoms with Gasteiger partial charge >= 0.3 is 0 Å². The highest BCUT2D eigenvalue weighted by Crippen LogP contribution is 2.19. The van der Waals surface area contributed by atoms with E-state index in [4.69, 9.17) is 4.74 Å². The predicted molar refractivity (Wildman–Crippen MR) is 77.6 cm³/mol. The summed E-state index contributed by atoms with van der Waals surface area (Å²) in [6.07, 6.45) is 0.436. The second-order valence-electron chi connectivity index (χ2n) is 4.32. The maximum Gasteiger partial charge on any atom is 0.225 e. The first kappa shape index (κ1) is 13.6. The maximum atomic E-state index is 11.9. The van der Waals surface area contributed by atoms with Crippen molar-refractivity contribution in [2.24, 2.45) is 0 Å². The predicted octanol–water partition coefficient (Wildman–Crippen LogP) is 3.18. The molecule has 19 heavy (non-hydrogen) atoms. The first-order valence-corrected chi connectivity index (χ1v) is 7.02. The molecule has 2 aromatic rings. The Hall–Kier alpha value is -1.81. The molecule has 0 saturated carbocycles. The minimum Gasteiger partial charge on any atom is -0.497 e. The zero-order valence-corrected chi connectivity index (χ0v) is 11.9. The van der Waals surface area contributed by atoms with E-state index < -0.39 is 0 Å². The number of methoxy groups -OCH3 is 1. The van der Waals surface area contributed by atoms with E-state index in [0.29, 0.717) is 6.42 Å². The number of nitrogens with one attached hydrogen (secondary N) is 1. The molecule has 1 atom stereocenters. The Labute approximate surface area is 117 Å². The molecule has 0 aliphatic rings. The Bertz CT molecular complexity index is 537. The summed E-state index contributed by atoms with van der Waals surface area (Å²) in [6.45, 7) is 1.97. The number of carbonyl (C=O) groups is 1. The van der Waals surface area contributed by atoms with Gasteiger partial charge in [-0.25, -0.2) is 0 Å². The van der Waals surface area contributed by atoms with Crippen molar-refractivity contribution in [3.05, 3.63) is 52.2 Å². The minimum atomic E-state index is -0.0254. The van der Waals surface area contributed by atoms with Crippen LogP contribution < -0.4 is 10.1 Å². The van der Waals surface area contributed by atoms with Crippen molar-refractivity contribution in [2.45, 2.75) is 19.4 Å². The Morgan fingerprint density at radius 1 is 1.37 bits per heavy atom. The van der Waals surface area contributed by atoms with Gasteiger partial charge in [0.25, 0.3) is 0 Å². The average Bonchev–Trinajstić information content (AvgIpc) is 2.91. The molecule has 0 aliphatic heterocycles. The monoisotopic (exact) mass is 275 g/mol. The molecule has 1 aromatic carbocycles. The van der Waals surface area contributed by atoms with Crippen molar-refractivity contribution in [3.63, 3.8) is 0 Å². The summed E-state index contributed by atoms with van der Waals surface area (Å²) >= 11 is 1.60. The van der Waals surface area contributed by atoms with Gasteiger partial charge in [-0.05, 0) is 36.1 Å². The first-order valence-electron chi connectivity index (χ1n) is 6.14. The van der Waals surface area contributed by atoms with Crippen molar-refractivity contribution in [2.75, 3.05) is 7.11 Å². The summed E-state index contributed by atoms with van der Waals surface area (Å²) in [5, 5.41) is 4.98. The molecule has 2 rings (SSSR count). The fraction of sp³-hybridized carbons (Fsp3) is 0.267. The van der Waals surface area contributed by atoms with Crippen LogP contribution in [0.25, 0.3) is 0 Å². The molecular formula is C15H17NO2S. The highest BCUT2D eigenvalue weighted by Gasteiger charge is 2.11. The van der Waals surface area contributed by atoms with E-state index in [9.17, 15) is 4.79 Å². The van der Waals surface area contributed by atoms with Crippen molar-refractivity contribution < 1.29 is 9.53 Å². The summed E-state index contributed by atoms with van der Waals surface area (Å²) < 4.78 is 5.18. The van der Waals surface area contributed by atoms with Gasteiger partial charge in [-0.3, -0.25) is 4.79 Å². The summed E-state index contributed by atoms with van der Waals surface area (Å²) in [7, 11) is 1.64. The fourth-order valence-electron chi connectivity index (χ4n) is 1.86. The number of hydrogen-bond acceptors (Lipinski definition) is 3. The highest BCUT2D eigenvalue weighted by atomic mass is 32.1. The van der Waals surface area contributed by atoms with Gasteiger partial charge in [0, 0.05) is 4.88 Å². The van der Waals surface area contributed by atoms with Crippen LogP contribution in [-0.2, 0) is 11.2 Å². The van der Waals surface area contributed by atoms with Gasteiger partial charge in [0.1, 0.15) is 5.75 Å². The van der Waals surface area contributed by atoms with E-state index in [1.54, 1.807) is 18.4 Å². The molecule has 0 spiro atoms. The number of rotatable bonds is 5. The van der Waals surface area contributed by atoms with Gasteiger partial charge in [0.15, 0.2) is 0 Å². The number of amides is 1. The summed E-state index contributed by atoms with van der Waals surface area (Å²) in [4.78, 5) is 13.0. The van der Waals surface area contributed by atoms with Crippen LogP contribution in [0.1, 0.15) is 23.4 Å². The van der Waals surface area contributed by atoms with Gasteiger partial charge in [-0.1, -0.05) is 18.2 Å². The third-order valence-electron chi connectivity index (χ3n) is 2.89. The Morgan fingerprint density at radius 2 is 2.21 bits per heavy atom. The van der Waals surface area contributed by atoms with Crippen LogP contribution in [0.5, 0.6) is 5.75 Å². The van der Waals surface area contributed by atoms with Crippen LogP contribution in [0.4, 0.5) is 0 Å². The second-order valence-corrected chi connectivity index (χ2v) is 5.35. The topological polar surface area (TPSA) is 38.3 Å². The van der Waals surface area contributed by atoms with Crippen LogP contribution in [0, 0.1) is 0 Å². The summed E-state index contributed by atoms with van der Waals surface area (Å²) in [5.41, 5.74) is 1.04. The third kappa shape index (κ3) is 3.83. The number of benzene rings is 1. The molecule has 3 nitrogen and oxygen atoms in total. The molecular weight excluding hydrogens is 258 g/mol. The zero-order valence-electron chi connectivity index (χ0n) is 11.1. The molecule has 1 aromatic heterocycles. The van der Waals surface area contributed by atoms with E-state index in [0.717, 1.165) is 16.2 Å². The lowest BCUT2D eigenvalue weighted by atomic mass is 10.1. The maximum absolute atomic E-state index is 11.9. The molecule has 1 heterocycles. The van der Waals surface area contributed by atoms with E-state index in [2.05, 4.69) is 5.32 Å². The minimum absolute atomic E-state index is 0.0254. The number of ether oxygens (including phenoxy) is 1. The summed E-state index contributed by atoms with van der Waals surface area (Å²) in [6, 6.07) is 11.6. The smallest absolute Gasteiger partial charge is 0.225 e. The zero-order chi connectivity index (χ0) is 13.7. The van der Waals surface area contributed by atoms with Crippen LogP contribution in [0.3, 0.4) is 0 Å². The molecule has 0 bridgehead atoms. The van der Waals surface area contributed by atoms with Gasteiger partial charge in [-0.2, -0.15) is 0 Å². The molecule has 1 N–H and O–H groups in total. The van der Waals surface area contributed by atoms with Gasteiger partial charge in [0.2, 0.25) is 5.91 Å². The third-order valence-corrected chi connectivity index (χ3v) is 3.76. The van der Waals surface area contributed by atoms with Crippen LogP contribution in [-0.4, -0.2) is 13.0 Å². The lowest BCUT2D eigenvalue weighted by Crippen LogP contribution is -2.27. The van der Waals surface area contributed by atoms with Gasteiger partial charge in [0.05, 0.1) is 19.6 Å². The summed E-state index contributed by atoms with van der Waals surface area (Å²) in [5.74, 6) is 0.842. The van der Waals surface area contributed by atoms with Crippen LogP contribution in [0.15, 0.2) is 41.8 Å². The standard InChI is InChI=1S/C15H17NO2S/c1-11(12-5-3-6-13(9-12)18-2)16-15(17)10-14-7-4-8-19-14/h3-9,11H,10H2,1-2H3,(H,16,17)/t11-/m0/s1. The molecule has 0 aliphatic carbocycles. The first-order chi connectivity index (χ1) is 9.19.